The Morgan fingerprint density at radius 3 is 2.33 bits per heavy atom. The average Bonchev–Trinajstić information content (AvgIpc) is 2.92. The fraction of sp³-hybridized carbons (Fsp3) is 0.364. The van der Waals surface area contributed by atoms with E-state index >= 15 is 0 Å². The summed E-state index contributed by atoms with van der Waals surface area (Å²) >= 11 is 1.46. The number of hydrogen-bond acceptors (Lipinski definition) is 4. The number of amides is 1. The Kier molecular flexibility index (Phi) is 5.90. The Bertz CT molecular complexity index is 1250. The van der Waals surface area contributed by atoms with Crippen LogP contribution in [0.3, 0.4) is 0 Å². The molecule has 1 aliphatic heterocycles. The zero-order valence-electron chi connectivity index (χ0n) is 17.2. The summed E-state index contributed by atoms with van der Waals surface area (Å²) in [5, 5.41) is 0. The fourth-order valence-electron chi connectivity index (χ4n) is 3.70. The van der Waals surface area contributed by atoms with E-state index in [0.29, 0.717) is 23.5 Å². The summed E-state index contributed by atoms with van der Waals surface area (Å²) in [6.45, 7) is 3.14. The van der Waals surface area contributed by atoms with Crippen molar-refractivity contribution < 1.29 is 13.2 Å². The van der Waals surface area contributed by atoms with Gasteiger partial charge in [0, 0.05) is 25.7 Å². The molecular weight excluding hydrogens is 418 g/mol. The van der Waals surface area contributed by atoms with Crippen molar-refractivity contribution in [2.75, 3.05) is 13.1 Å². The van der Waals surface area contributed by atoms with Gasteiger partial charge in [-0.15, -0.1) is 0 Å². The molecule has 3 aromatic rings. The van der Waals surface area contributed by atoms with Crippen LogP contribution in [0.4, 0.5) is 0 Å². The molecule has 4 rings (SSSR count). The van der Waals surface area contributed by atoms with Crippen LogP contribution in [0.25, 0.3) is 10.2 Å². The van der Waals surface area contributed by atoms with Crippen LogP contribution in [-0.2, 0) is 17.1 Å². The first-order valence-electron chi connectivity index (χ1n) is 10.1. The molecule has 0 spiro atoms. The number of rotatable bonds is 3. The van der Waals surface area contributed by atoms with Crippen molar-refractivity contribution in [3.8, 4) is 0 Å². The summed E-state index contributed by atoms with van der Waals surface area (Å²) in [6, 6.07) is 12.2. The van der Waals surface area contributed by atoms with Crippen LogP contribution in [0.15, 0.2) is 52.4 Å². The van der Waals surface area contributed by atoms with E-state index in [1.807, 2.05) is 30.7 Å². The monoisotopic (exact) mass is 443 g/mol. The molecule has 2 heterocycles. The minimum absolute atomic E-state index is 0.226. The first kappa shape index (κ1) is 21.0. The van der Waals surface area contributed by atoms with Crippen molar-refractivity contribution in [1.82, 2.24) is 8.87 Å². The number of nitrogens with zero attached hydrogens (tertiary/aromatic N) is 3. The molecule has 0 bridgehead atoms. The predicted octanol–water partition coefficient (Wildman–Crippen LogP) is 3.85. The molecule has 0 aliphatic carbocycles. The van der Waals surface area contributed by atoms with E-state index in [1.165, 1.54) is 23.5 Å². The van der Waals surface area contributed by atoms with Gasteiger partial charge in [0.1, 0.15) is 0 Å². The number of carbonyl (C=O) groups is 1. The minimum atomic E-state index is -3.53. The van der Waals surface area contributed by atoms with Crippen LogP contribution in [-0.4, -0.2) is 36.3 Å². The van der Waals surface area contributed by atoms with Crippen LogP contribution in [0, 0.1) is 6.92 Å². The SMILES string of the molecule is Cc1ccc2c(c1)sc(=NC(=O)c1ccc(S(=O)(=O)N3CCCCCC3)cc1)n2C. The summed E-state index contributed by atoms with van der Waals surface area (Å²) in [5.74, 6) is -0.382. The molecule has 0 atom stereocenters. The number of carbonyl (C=O) groups excluding carboxylic acids is 1. The number of hydrogen-bond donors (Lipinski definition) is 0. The Morgan fingerprint density at radius 2 is 1.67 bits per heavy atom. The van der Waals surface area contributed by atoms with E-state index in [9.17, 15) is 13.2 Å². The van der Waals surface area contributed by atoms with Crippen LogP contribution in [0.2, 0.25) is 0 Å². The lowest BCUT2D eigenvalue weighted by Crippen LogP contribution is -2.31. The lowest BCUT2D eigenvalue weighted by molar-refractivity contribution is 0.0998. The molecule has 158 valence electrons. The van der Waals surface area contributed by atoms with Gasteiger partial charge in [0.05, 0.1) is 15.1 Å². The number of benzene rings is 2. The van der Waals surface area contributed by atoms with Gasteiger partial charge in [-0.05, 0) is 61.7 Å². The van der Waals surface area contributed by atoms with Crippen LogP contribution in [0.1, 0.15) is 41.6 Å². The second-order valence-corrected chi connectivity index (χ2v) is 10.6. The maximum absolute atomic E-state index is 12.9. The van der Waals surface area contributed by atoms with Gasteiger partial charge in [0.15, 0.2) is 4.80 Å². The third kappa shape index (κ3) is 4.12. The third-order valence-corrected chi connectivity index (χ3v) is 8.47. The van der Waals surface area contributed by atoms with Gasteiger partial charge < -0.3 is 4.57 Å². The van der Waals surface area contributed by atoms with Crippen molar-refractivity contribution in [2.24, 2.45) is 12.0 Å². The smallest absolute Gasteiger partial charge is 0.279 e. The highest BCUT2D eigenvalue weighted by Crippen LogP contribution is 2.21. The Balaban J connectivity index is 1.60. The maximum Gasteiger partial charge on any atom is 0.279 e. The van der Waals surface area contributed by atoms with Crippen molar-refractivity contribution in [3.63, 3.8) is 0 Å². The molecule has 1 saturated heterocycles. The van der Waals surface area contributed by atoms with Gasteiger partial charge in [-0.25, -0.2) is 8.42 Å². The number of sulfonamides is 1. The third-order valence-electron chi connectivity index (χ3n) is 5.47. The fourth-order valence-corrected chi connectivity index (χ4v) is 6.33. The van der Waals surface area contributed by atoms with E-state index in [-0.39, 0.29) is 10.8 Å². The molecule has 30 heavy (non-hydrogen) atoms. The lowest BCUT2D eigenvalue weighted by atomic mass is 10.2. The van der Waals surface area contributed by atoms with E-state index in [1.54, 1.807) is 16.4 Å². The maximum atomic E-state index is 12.9. The first-order valence-corrected chi connectivity index (χ1v) is 12.4. The highest BCUT2D eigenvalue weighted by molar-refractivity contribution is 7.89. The largest absolute Gasteiger partial charge is 0.319 e. The van der Waals surface area contributed by atoms with Crippen LogP contribution >= 0.6 is 11.3 Å². The predicted molar refractivity (Wildman–Crippen MR) is 119 cm³/mol. The van der Waals surface area contributed by atoms with Gasteiger partial charge in [0.25, 0.3) is 5.91 Å². The molecule has 2 aromatic carbocycles. The van der Waals surface area contributed by atoms with E-state index in [2.05, 4.69) is 11.1 Å². The highest BCUT2D eigenvalue weighted by Gasteiger charge is 2.25. The molecule has 8 heteroatoms. The van der Waals surface area contributed by atoms with E-state index in [4.69, 9.17) is 0 Å². The molecular formula is C22H25N3O3S2. The van der Waals surface area contributed by atoms with Crippen LogP contribution in [0.5, 0.6) is 0 Å². The summed E-state index contributed by atoms with van der Waals surface area (Å²) in [6.07, 6.45) is 3.91. The molecule has 1 fully saturated rings. The Morgan fingerprint density at radius 1 is 1.00 bits per heavy atom. The minimum Gasteiger partial charge on any atom is -0.319 e. The van der Waals surface area contributed by atoms with Crippen molar-refractivity contribution >= 4 is 37.5 Å². The molecule has 1 aromatic heterocycles. The van der Waals surface area contributed by atoms with Crippen LogP contribution < -0.4 is 4.80 Å². The van der Waals surface area contributed by atoms with Gasteiger partial charge in [-0.3, -0.25) is 4.79 Å². The summed E-state index contributed by atoms with van der Waals surface area (Å²) < 4.78 is 30.3. The van der Waals surface area contributed by atoms with E-state index < -0.39 is 10.0 Å². The Hall–Kier alpha value is -2.29. The summed E-state index contributed by atoms with van der Waals surface area (Å²) in [5.41, 5.74) is 2.55. The quantitative estimate of drug-likeness (QED) is 0.617. The van der Waals surface area contributed by atoms with Gasteiger partial charge >= 0.3 is 0 Å². The van der Waals surface area contributed by atoms with Crippen molar-refractivity contribution in [1.29, 1.82) is 0 Å². The normalized spacial score (nSPS) is 16.7. The Labute approximate surface area is 180 Å². The van der Waals surface area contributed by atoms with Crippen molar-refractivity contribution in [2.45, 2.75) is 37.5 Å². The molecule has 0 N–H and O–H groups in total. The average molecular weight is 444 g/mol. The van der Waals surface area contributed by atoms with E-state index in [0.717, 1.165) is 41.5 Å². The van der Waals surface area contributed by atoms with Gasteiger partial charge in [0.2, 0.25) is 10.0 Å². The van der Waals surface area contributed by atoms with Crippen molar-refractivity contribution in [3.05, 3.63) is 58.4 Å². The number of aryl methyl sites for hydroxylation is 2. The zero-order chi connectivity index (χ0) is 21.3. The first-order chi connectivity index (χ1) is 14.4. The summed E-state index contributed by atoms with van der Waals surface area (Å²) in [4.78, 5) is 17.8. The van der Waals surface area contributed by atoms with Gasteiger partial charge in [-0.2, -0.15) is 9.30 Å². The lowest BCUT2D eigenvalue weighted by Gasteiger charge is -2.19. The van der Waals surface area contributed by atoms with Gasteiger partial charge in [-0.1, -0.05) is 30.2 Å². The standard InChI is InChI=1S/C22H25N3O3S2/c1-16-7-12-19-20(15-16)29-22(24(19)2)23-21(26)17-8-10-18(11-9-17)30(27,28)25-13-5-3-4-6-14-25/h7-12,15H,3-6,13-14H2,1-2H3. The second kappa shape index (κ2) is 8.45. The molecule has 1 amide bonds. The summed E-state index contributed by atoms with van der Waals surface area (Å²) in [7, 11) is -1.64. The highest BCUT2D eigenvalue weighted by atomic mass is 32.2. The molecule has 0 saturated carbocycles. The molecule has 6 nitrogen and oxygen atoms in total. The number of fused-ring (bicyclic) bond motifs is 1. The molecule has 1 aliphatic rings. The zero-order valence-corrected chi connectivity index (χ0v) is 18.8. The number of thiazole rings is 1. The topological polar surface area (TPSA) is 71.7 Å². The molecule has 0 unspecified atom stereocenters. The second-order valence-electron chi connectivity index (χ2n) is 7.67. The number of aromatic nitrogens is 1. The molecule has 0 radical (unpaired) electrons.